The fourth-order valence-electron chi connectivity index (χ4n) is 2.07. The molecule has 0 spiro atoms. The van der Waals surface area contributed by atoms with Crippen LogP contribution in [0.3, 0.4) is 0 Å². The van der Waals surface area contributed by atoms with Gasteiger partial charge in [0.25, 0.3) is 0 Å². The molecule has 0 bridgehead atoms. The highest BCUT2D eigenvalue weighted by molar-refractivity contribution is 5.60. The highest BCUT2D eigenvalue weighted by atomic mass is 19.4. The first kappa shape index (κ1) is 10.7. The molecular weight excluding hydrogens is 235 g/mol. The molecule has 92 valence electrons. The molecule has 1 saturated heterocycles. The van der Waals surface area contributed by atoms with Gasteiger partial charge in [-0.2, -0.15) is 13.2 Å². The predicted octanol–water partition coefficient (Wildman–Crippen LogP) is 2.62. The highest BCUT2D eigenvalue weighted by Crippen LogP contribution is 2.39. The number of fused-ring (bicyclic) bond motifs is 2. The first-order valence-corrected chi connectivity index (χ1v) is 5.30. The molecule has 0 saturated carbocycles. The summed E-state index contributed by atoms with van der Waals surface area (Å²) in [6, 6.07) is 3.34. The Morgan fingerprint density at radius 3 is 2.88 bits per heavy atom. The smallest absolute Gasteiger partial charge is 0.416 e. The van der Waals surface area contributed by atoms with Crippen LogP contribution in [0.1, 0.15) is 12.0 Å². The van der Waals surface area contributed by atoms with Gasteiger partial charge in [-0.25, -0.2) is 0 Å². The van der Waals surface area contributed by atoms with E-state index < -0.39 is 11.7 Å². The highest BCUT2D eigenvalue weighted by Gasteiger charge is 2.37. The molecule has 0 aliphatic carbocycles. The molecule has 0 unspecified atom stereocenters. The van der Waals surface area contributed by atoms with E-state index in [-0.39, 0.29) is 12.3 Å². The van der Waals surface area contributed by atoms with Crippen LogP contribution in [0.15, 0.2) is 18.2 Å². The summed E-state index contributed by atoms with van der Waals surface area (Å²) in [6.45, 7) is 0.558. The number of alkyl halides is 3. The maximum Gasteiger partial charge on any atom is 0.416 e. The third kappa shape index (κ3) is 1.82. The fraction of sp³-hybridized carbons (Fsp3) is 0.455. The van der Waals surface area contributed by atoms with Gasteiger partial charge in [0, 0.05) is 0 Å². The van der Waals surface area contributed by atoms with Gasteiger partial charge in [0.15, 0.2) is 0 Å². The maximum absolute atomic E-state index is 12.5. The lowest BCUT2D eigenvalue weighted by Crippen LogP contribution is -2.37. The molecule has 17 heavy (non-hydrogen) atoms. The summed E-state index contributed by atoms with van der Waals surface area (Å²) >= 11 is 0. The van der Waals surface area contributed by atoms with Crippen molar-refractivity contribution in [3.05, 3.63) is 23.8 Å². The summed E-state index contributed by atoms with van der Waals surface area (Å²) in [5.74, 6) is 0.404. The Morgan fingerprint density at radius 2 is 2.12 bits per heavy atom. The van der Waals surface area contributed by atoms with Crippen LogP contribution < -0.4 is 10.1 Å². The zero-order chi connectivity index (χ0) is 12.0. The number of benzene rings is 1. The Bertz CT molecular complexity index is 447. The average Bonchev–Trinajstić information content (AvgIpc) is 2.70. The van der Waals surface area contributed by atoms with Gasteiger partial charge in [0.2, 0.25) is 6.29 Å². The topological polar surface area (TPSA) is 30.5 Å². The summed E-state index contributed by atoms with van der Waals surface area (Å²) in [6.07, 6.45) is -3.99. The van der Waals surface area contributed by atoms with E-state index in [0.29, 0.717) is 18.0 Å². The van der Waals surface area contributed by atoms with Crippen molar-refractivity contribution in [3.63, 3.8) is 0 Å². The Labute approximate surface area is 95.5 Å². The van der Waals surface area contributed by atoms with E-state index >= 15 is 0 Å². The van der Waals surface area contributed by atoms with Crippen LogP contribution in [0.25, 0.3) is 0 Å². The molecule has 6 heteroatoms. The molecule has 3 nitrogen and oxygen atoms in total. The lowest BCUT2D eigenvalue weighted by Gasteiger charge is -2.29. The monoisotopic (exact) mass is 245 g/mol. The first-order valence-electron chi connectivity index (χ1n) is 5.30. The second-order valence-corrected chi connectivity index (χ2v) is 4.11. The lowest BCUT2D eigenvalue weighted by atomic mass is 10.1. The number of hydrogen-bond donors (Lipinski definition) is 1. The van der Waals surface area contributed by atoms with E-state index in [1.807, 2.05) is 0 Å². The Hall–Kier alpha value is -1.43. The van der Waals surface area contributed by atoms with Crippen LogP contribution in [-0.4, -0.2) is 18.9 Å². The van der Waals surface area contributed by atoms with Crippen molar-refractivity contribution in [2.75, 3.05) is 11.9 Å². The van der Waals surface area contributed by atoms with Crippen molar-refractivity contribution < 1.29 is 22.6 Å². The van der Waals surface area contributed by atoms with Crippen molar-refractivity contribution in [1.82, 2.24) is 0 Å². The Kier molecular flexibility index (Phi) is 2.22. The molecule has 3 rings (SSSR count). The standard InChI is InChI=1S/C11H10F3NO2/c12-11(13,14)6-1-2-9-8(5-6)15-7-3-4-16-10(7)17-9/h1-2,5,7,10,15H,3-4H2/t7-,10-/m0/s1. The van der Waals surface area contributed by atoms with E-state index in [0.717, 1.165) is 18.6 Å². The van der Waals surface area contributed by atoms with Crippen LogP contribution in [-0.2, 0) is 10.9 Å². The molecule has 1 aromatic rings. The van der Waals surface area contributed by atoms with Gasteiger partial charge in [-0.3, -0.25) is 0 Å². The van der Waals surface area contributed by atoms with E-state index in [9.17, 15) is 13.2 Å². The van der Waals surface area contributed by atoms with Gasteiger partial charge < -0.3 is 14.8 Å². The van der Waals surface area contributed by atoms with Crippen LogP contribution in [0, 0.1) is 0 Å². The van der Waals surface area contributed by atoms with Crippen LogP contribution in [0.5, 0.6) is 5.75 Å². The maximum atomic E-state index is 12.5. The van der Waals surface area contributed by atoms with E-state index in [1.165, 1.54) is 6.07 Å². The normalized spacial score (nSPS) is 26.8. The number of hydrogen-bond acceptors (Lipinski definition) is 3. The fourth-order valence-corrected chi connectivity index (χ4v) is 2.07. The molecule has 2 heterocycles. The van der Waals surface area contributed by atoms with Gasteiger partial charge in [-0.05, 0) is 24.6 Å². The van der Waals surface area contributed by atoms with Gasteiger partial charge in [0.1, 0.15) is 5.75 Å². The number of anilines is 1. The summed E-state index contributed by atoms with van der Waals surface area (Å²) in [7, 11) is 0. The molecule has 0 aromatic heterocycles. The van der Waals surface area contributed by atoms with Crippen molar-refractivity contribution >= 4 is 5.69 Å². The van der Waals surface area contributed by atoms with Crippen LogP contribution in [0.2, 0.25) is 0 Å². The lowest BCUT2D eigenvalue weighted by molar-refractivity contribution is -0.137. The van der Waals surface area contributed by atoms with E-state index in [2.05, 4.69) is 5.32 Å². The van der Waals surface area contributed by atoms with Crippen molar-refractivity contribution in [2.24, 2.45) is 0 Å². The number of rotatable bonds is 0. The minimum absolute atomic E-state index is 0.0639. The Morgan fingerprint density at radius 1 is 1.29 bits per heavy atom. The average molecular weight is 245 g/mol. The van der Waals surface area contributed by atoms with Gasteiger partial charge in [-0.1, -0.05) is 0 Å². The molecule has 2 aliphatic heterocycles. The van der Waals surface area contributed by atoms with E-state index in [4.69, 9.17) is 9.47 Å². The molecule has 2 atom stereocenters. The molecule has 0 amide bonds. The first-order chi connectivity index (χ1) is 8.04. The number of nitrogens with one attached hydrogen (secondary N) is 1. The third-order valence-corrected chi connectivity index (χ3v) is 2.93. The molecule has 1 N–H and O–H groups in total. The summed E-state index contributed by atoms with van der Waals surface area (Å²) < 4.78 is 48.4. The van der Waals surface area contributed by atoms with Crippen molar-refractivity contribution in [2.45, 2.75) is 24.9 Å². The minimum atomic E-state index is -4.33. The van der Waals surface area contributed by atoms with Crippen LogP contribution >= 0.6 is 0 Å². The molecule has 2 aliphatic rings. The molecule has 1 aromatic carbocycles. The van der Waals surface area contributed by atoms with Crippen LogP contribution in [0.4, 0.5) is 18.9 Å². The summed E-state index contributed by atoms with van der Waals surface area (Å²) in [4.78, 5) is 0. The van der Waals surface area contributed by atoms with E-state index in [1.54, 1.807) is 0 Å². The predicted molar refractivity (Wildman–Crippen MR) is 53.8 cm³/mol. The molecule has 1 fully saturated rings. The molecular formula is C11H10F3NO2. The second-order valence-electron chi connectivity index (χ2n) is 4.11. The van der Waals surface area contributed by atoms with Gasteiger partial charge in [-0.15, -0.1) is 0 Å². The summed E-state index contributed by atoms with van der Waals surface area (Å²) in [5.41, 5.74) is -0.295. The molecule has 0 radical (unpaired) electrons. The van der Waals surface area contributed by atoms with Crippen molar-refractivity contribution in [3.8, 4) is 5.75 Å². The Balaban J connectivity index is 1.94. The number of halogens is 3. The summed E-state index contributed by atoms with van der Waals surface area (Å²) in [5, 5.41) is 3.02. The quantitative estimate of drug-likeness (QED) is 0.762. The van der Waals surface area contributed by atoms with Crippen molar-refractivity contribution in [1.29, 1.82) is 0 Å². The SMILES string of the molecule is FC(F)(F)c1ccc2c(c1)N[C@H]1CCO[C@H]1O2. The minimum Gasteiger partial charge on any atom is -0.461 e. The third-order valence-electron chi connectivity index (χ3n) is 2.93. The zero-order valence-corrected chi connectivity index (χ0v) is 8.75. The van der Waals surface area contributed by atoms with Gasteiger partial charge >= 0.3 is 6.18 Å². The number of ether oxygens (including phenoxy) is 2. The van der Waals surface area contributed by atoms with Gasteiger partial charge in [0.05, 0.1) is 23.9 Å². The second kappa shape index (κ2) is 3.53. The zero-order valence-electron chi connectivity index (χ0n) is 8.75. The largest absolute Gasteiger partial charge is 0.461 e.